The van der Waals surface area contributed by atoms with Crippen molar-refractivity contribution in [1.82, 2.24) is 0 Å². The first-order chi connectivity index (χ1) is 12.0. The molecule has 1 saturated heterocycles. The van der Waals surface area contributed by atoms with Crippen molar-refractivity contribution in [1.29, 1.82) is 0 Å². The van der Waals surface area contributed by atoms with Crippen LogP contribution in [0.4, 0.5) is 0 Å². The van der Waals surface area contributed by atoms with Crippen LogP contribution in [0.15, 0.2) is 0 Å². The summed E-state index contributed by atoms with van der Waals surface area (Å²) in [4.78, 5) is 11.0. The van der Waals surface area contributed by atoms with Crippen molar-refractivity contribution >= 4 is 5.97 Å². The fourth-order valence-electron chi connectivity index (χ4n) is 2.98. The molecule has 7 heteroatoms. The van der Waals surface area contributed by atoms with Gasteiger partial charge in [0.05, 0.1) is 0 Å². The Kier molecular flexibility index (Phi) is 11.2. The summed E-state index contributed by atoms with van der Waals surface area (Å²) in [5, 5.41) is 38.0. The smallest absolute Gasteiger partial charge is 0.335 e. The standard InChI is InChI=1S/C18H34O7/c1-2-3-4-5-6-7-8-9-10-11-12-24-18-15(21)13(19)14(20)16(25-18)17(22)23/h13-16,18-21H,2-12H2,1H3,(H,22,23)/t13-,14-,15-,16+,18+/m0/s1. The highest BCUT2D eigenvalue weighted by Gasteiger charge is 2.47. The van der Waals surface area contributed by atoms with Crippen LogP contribution < -0.4 is 0 Å². The van der Waals surface area contributed by atoms with Crippen LogP contribution in [0.2, 0.25) is 0 Å². The number of rotatable bonds is 13. The molecular formula is C18H34O7. The fraction of sp³-hybridized carbons (Fsp3) is 0.944. The molecule has 1 aliphatic rings. The first-order valence-electron chi connectivity index (χ1n) is 9.53. The quantitative estimate of drug-likeness (QED) is 0.369. The average Bonchev–Trinajstić information content (AvgIpc) is 2.59. The van der Waals surface area contributed by atoms with Crippen LogP contribution in [0, 0.1) is 0 Å². The molecule has 0 aromatic rings. The molecule has 0 radical (unpaired) electrons. The molecule has 0 amide bonds. The van der Waals surface area contributed by atoms with E-state index in [1.54, 1.807) is 0 Å². The molecule has 1 fully saturated rings. The Balaban J connectivity index is 2.10. The number of hydrogen-bond donors (Lipinski definition) is 4. The molecule has 148 valence electrons. The molecule has 0 aliphatic carbocycles. The lowest BCUT2D eigenvalue weighted by Crippen LogP contribution is -2.60. The van der Waals surface area contributed by atoms with Crippen LogP contribution in [-0.4, -0.2) is 63.7 Å². The number of aliphatic carboxylic acids is 1. The van der Waals surface area contributed by atoms with E-state index in [-0.39, 0.29) is 0 Å². The van der Waals surface area contributed by atoms with E-state index in [1.165, 1.54) is 44.9 Å². The predicted octanol–water partition coefficient (Wildman–Crippen LogP) is 1.82. The van der Waals surface area contributed by atoms with Gasteiger partial charge in [-0.05, 0) is 6.42 Å². The van der Waals surface area contributed by atoms with Crippen LogP contribution in [0.5, 0.6) is 0 Å². The molecule has 1 aliphatic heterocycles. The summed E-state index contributed by atoms with van der Waals surface area (Å²) in [6, 6.07) is 0. The van der Waals surface area contributed by atoms with E-state index in [2.05, 4.69) is 6.92 Å². The van der Waals surface area contributed by atoms with Crippen molar-refractivity contribution in [2.24, 2.45) is 0 Å². The van der Waals surface area contributed by atoms with Crippen LogP contribution in [0.1, 0.15) is 71.1 Å². The number of carbonyl (C=O) groups is 1. The fourth-order valence-corrected chi connectivity index (χ4v) is 2.98. The Morgan fingerprint density at radius 1 is 0.840 bits per heavy atom. The highest BCUT2D eigenvalue weighted by molar-refractivity contribution is 5.73. The predicted molar refractivity (Wildman–Crippen MR) is 92.1 cm³/mol. The van der Waals surface area contributed by atoms with Crippen LogP contribution in [-0.2, 0) is 14.3 Å². The maximum atomic E-state index is 11.0. The number of carboxylic acids is 1. The first-order valence-corrected chi connectivity index (χ1v) is 9.53. The zero-order chi connectivity index (χ0) is 18.7. The summed E-state index contributed by atoms with van der Waals surface area (Å²) in [7, 11) is 0. The summed E-state index contributed by atoms with van der Waals surface area (Å²) in [6.45, 7) is 2.53. The molecule has 0 unspecified atom stereocenters. The van der Waals surface area contributed by atoms with Gasteiger partial charge in [0.15, 0.2) is 12.4 Å². The lowest BCUT2D eigenvalue weighted by atomic mass is 9.99. The van der Waals surface area contributed by atoms with Gasteiger partial charge in [-0.1, -0.05) is 64.7 Å². The molecule has 25 heavy (non-hydrogen) atoms. The third-order valence-corrected chi connectivity index (χ3v) is 4.59. The lowest BCUT2D eigenvalue weighted by Gasteiger charge is -2.38. The summed E-state index contributed by atoms with van der Waals surface area (Å²) < 4.78 is 10.4. The molecule has 0 bridgehead atoms. The normalized spacial score (nSPS) is 29.7. The summed E-state index contributed by atoms with van der Waals surface area (Å²) >= 11 is 0. The monoisotopic (exact) mass is 362 g/mol. The SMILES string of the molecule is CCCCCCCCCCCCO[C@@H]1O[C@@H](C(=O)O)[C@@H](O)[C@H](O)[C@@H]1O. The Hall–Kier alpha value is -0.730. The van der Waals surface area contributed by atoms with Crippen LogP contribution >= 0.6 is 0 Å². The van der Waals surface area contributed by atoms with E-state index in [4.69, 9.17) is 14.6 Å². The number of aliphatic hydroxyl groups excluding tert-OH is 3. The third-order valence-electron chi connectivity index (χ3n) is 4.59. The summed E-state index contributed by atoms with van der Waals surface area (Å²) in [5.41, 5.74) is 0. The van der Waals surface area contributed by atoms with Gasteiger partial charge in [0, 0.05) is 6.61 Å². The molecule has 0 saturated carbocycles. The van der Waals surface area contributed by atoms with Gasteiger partial charge in [-0.15, -0.1) is 0 Å². The van der Waals surface area contributed by atoms with Crippen molar-refractivity contribution in [2.45, 2.75) is 102 Å². The second-order valence-electron chi connectivity index (χ2n) is 6.79. The Morgan fingerprint density at radius 3 is 1.88 bits per heavy atom. The second-order valence-corrected chi connectivity index (χ2v) is 6.79. The van der Waals surface area contributed by atoms with Crippen LogP contribution in [0.25, 0.3) is 0 Å². The minimum Gasteiger partial charge on any atom is -0.479 e. The van der Waals surface area contributed by atoms with E-state index < -0.39 is 36.7 Å². The molecule has 1 rings (SSSR count). The molecule has 1 heterocycles. The topological polar surface area (TPSA) is 116 Å². The summed E-state index contributed by atoms with van der Waals surface area (Å²) in [5.74, 6) is -1.40. The van der Waals surface area contributed by atoms with Gasteiger partial charge in [-0.3, -0.25) is 0 Å². The molecule has 0 spiro atoms. The second kappa shape index (κ2) is 12.6. The van der Waals surface area contributed by atoms with E-state index >= 15 is 0 Å². The molecule has 7 nitrogen and oxygen atoms in total. The van der Waals surface area contributed by atoms with Crippen molar-refractivity contribution in [3.63, 3.8) is 0 Å². The van der Waals surface area contributed by atoms with Gasteiger partial charge in [0.25, 0.3) is 0 Å². The van der Waals surface area contributed by atoms with Gasteiger partial charge in [0.2, 0.25) is 0 Å². The number of hydrogen-bond acceptors (Lipinski definition) is 6. The van der Waals surface area contributed by atoms with Gasteiger partial charge >= 0.3 is 5.97 Å². The van der Waals surface area contributed by atoms with E-state index in [1.807, 2.05) is 0 Å². The van der Waals surface area contributed by atoms with Crippen molar-refractivity contribution in [3.8, 4) is 0 Å². The minimum atomic E-state index is -1.68. The van der Waals surface area contributed by atoms with Gasteiger partial charge in [-0.25, -0.2) is 4.79 Å². The van der Waals surface area contributed by atoms with E-state index in [0.29, 0.717) is 6.61 Å². The van der Waals surface area contributed by atoms with E-state index in [0.717, 1.165) is 19.3 Å². The Morgan fingerprint density at radius 2 is 1.36 bits per heavy atom. The average molecular weight is 362 g/mol. The zero-order valence-electron chi connectivity index (χ0n) is 15.2. The summed E-state index contributed by atoms with van der Waals surface area (Å²) in [6.07, 6.45) is 4.26. The largest absolute Gasteiger partial charge is 0.479 e. The molecular weight excluding hydrogens is 328 g/mol. The molecule has 0 aromatic heterocycles. The number of ether oxygens (including phenoxy) is 2. The zero-order valence-corrected chi connectivity index (χ0v) is 15.2. The Bertz CT molecular complexity index is 363. The Labute approximate surface area is 150 Å². The number of carboxylic acid groups (broad SMARTS) is 1. The van der Waals surface area contributed by atoms with E-state index in [9.17, 15) is 20.1 Å². The number of aliphatic hydroxyl groups is 3. The van der Waals surface area contributed by atoms with Crippen molar-refractivity contribution in [3.05, 3.63) is 0 Å². The highest BCUT2D eigenvalue weighted by Crippen LogP contribution is 2.22. The van der Waals surface area contributed by atoms with Gasteiger partial charge in [-0.2, -0.15) is 0 Å². The maximum absolute atomic E-state index is 11.0. The minimum absolute atomic E-state index is 0.313. The van der Waals surface area contributed by atoms with Gasteiger partial charge < -0.3 is 29.9 Å². The first kappa shape index (κ1) is 22.3. The maximum Gasteiger partial charge on any atom is 0.335 e. The third kappa shape index (κ3) is 8.00. The lowest BCUT2D eigenvalue weighted by molar-refractivity contribution is -0.294. The molecule has 0 aromatic carbocycles. The van der Waals surface area contributed by atoms with Crippen molar-refractivity contribution in [2.75, 3.05) is 6.61 Å². The van der Waals surface area contributed by atoms with Crippen LogP contribution in [0.3, 0.4) is 0 Å². The molecule has 4 N–H and O–H groups in total. The highest BCUT2D eigenvalue weighted by atomic mass is 16.7. The molecule has 5 atom stereocenters. The van der Waals surface area contributed by atoms with Gasteiger partial charge in [0.1, 0.15) is 18.3 Å². The number of unbranched alkanes of at least 4 members (excludes halogenated alkanes) is 9. The van der Waals surface area contributed by atoms with Crippen molar-refractivity contribution < 1.29 is 34.7 Å².